The lowest BCUT2D eigenvalue weighted by Crippen LogP contribution is -2.54. The van der Waals surface area contributed by atoms with Crippen molar-refractivity contribution in [1.29, 1.82) is 5.26 Å². The van der Waals surface area contributed by atoms with E-state index < -0.39 is 6.04 Å². The molecule has 0 aromatic carbocycles. The zero-order chi connectivity index (χ0) is 13.9. The van der Waals surface area contributed by atoms with Crippen LogP contribution >= 0.6 is 0 Å². The molecule has 2 aliphatic rings. The first-order valence-corrected chi connectivity index (χ1v) is 6.79. The standard InChI is InChI=1S/C14H16N4O2/c15-8-10-2-1-5-16-13(10)18-6-7-20-9-12(18)14(19)17-11-3-4-11/h1-2,5,11-12H,3-4,6-7,9H2,(H,17,19). The molecule has 1 aromatic heterocycles. The van der Waals surface area contributed by atoms with Crippen LogP contribution in [0.1, 0.15) is 18.4 Å². The van der Waals surface area contributed by atoms with Crippen molar-refractivity contribution in [2.24, 2.45) is 0 Å². The number of carbonyl (C=O) groups is 1. The van der Waals surface area contributed by atoms with Gasteiger partial charge in [0.15, 0.2) is 0 Å². The highest BCUT2D eigenvalue weighted by Gasteiger charge is 2.34. The number of aromatic nitrogens is 1. The smallest absolute Gasteiger partial charge is 0.245 e. The first-order valence-electron chi connectivity index (χ1n) is 6.79. The average molecular weight is 272 g/mol. The summed E-state index contributed by atoms with van der Waals surface area (Å²) in [5.41, 5.74) is 0.485. The summed E-state index contributed by atoms with van der Waals surface area (Å²) >= 11 is 0. The van der Waals surface area contributed by atoms with E-state index in [2.05, 4.69) is 16.4 Å². The lowest BCUT2D eigenvalue weighted by Gasteiger charge is -2.35. The van der Waals surface area contributed by atoms with Gasteiger partial charge in [-0.05, 0) is 25.0 Å². The molecule has 1 aromatic rings. The number of ether oxygens (including phenoxy) is 1. The monoisotopic (exact) mass is 272 g/mol. The molecule has 1 unspecified atom stereocenters. The van der Waals surface area contributed by atoms with Gasteiger partial charge in [0.2, 0.25) is 5.91 Å². The molecule has 6 nitrogen and oxygen atoms in total. The van der Waals surface area contributed by atoms with E-state index in [0.717, 1.165) is 12.8 Å². The van der Waals surface area contributed by atoms with Gasteiger partial charge in [-0.25, -0.2) is 4.98 Å². The summed E-state index contributed by atoms with van der Waals surface area (Å²) in [7, 11) is 0. The molecule has 1 saturated carbocycles. The SMILES string of the molecule is N#Cc1cccnc1N1CCOCC1C(=O)NC1CC1. The molecule has 2 fully saturated rings. The van der Waals surface area contributed by atoms with E-state index in [-0.39, 0.29) is 5.91 Å². The molecular formula is C14H16N4O2. The van der Waals surface area contributed by atoms with Crippen LogP contribution in [0, 0.1) is 11.3 Å². The number of morpholine rings is 1. The molecule has 20 heavy (non-hydrogen) atoms. The predicted octanol–water partition coefficient (Wildman–Crippen LogP) is 0.437. The molecule has 1 N–H and O–H groups in total. The van der Waals surface area contributed by atoms with Gasteiger partial charge in [0.1, 0.15) is 17.9 Å². The Kier molecular flexibility index (Phi) is 3.52. The van der Waals surface area contributed by atoms with Crippen LogP contribution in [-0.2, 0) is 9.53 Å². The van der Waals surface area contributed by atoms with Crippen molar-refractivity contribution >= 4 is 11.7 Å². The van der Waals surface area contributed by atoms with Gasteiger partial charge in [-0.1, -0.05) is 0 Å². The maximum atomic E-state index is 12.3. The van der Waals surface area contributed by atoms with E-state index in [1.165, 1.54) is 0 Å². The molecule has 1 saturated heterocycles. The van der Waals surface area contributed by atoms with E-state index in [1.807, 2.05) is 4.90 Å². The summed E-state index contributed by atoms with van der Waals surface area (Å²) in [4.78, 5) is 18.4. The first kappa shape index (κ1) is 12.9. The van der Waals surface area contributed by atoms with Gasteiger partial charge in [-0.3, -0.25) is 4.79 Å². The lowest BCUT2D eigenvalue weighted by molar-refractivity contribution is -0.124. The van der Waals surface area contributed by atoms with Crippen molar-refractivity contribution in [3.63, 3.8) is 0 Å². The molecule has 1 amide bonds. The van der Waals surface area contributed by atoms with Gasteiger partial charge < -0.3 is 15.0 Å². The Labute approximate surface area is 117 Å². The third-order valence-electron chi connectivity index (χ3n) is 3.53. The van der Waals surface area contributed by atoms with Gasteiger partial charge in [0.05, 0.1) is 18.8 Å². The zero-order valence-corrected chi connectivity index (χ0v) is 11.1. The second kappa shape index (κ2) is 5.47. The van der Waals surface area contributed by atoms with Crippen LogP contribution in [-0.4, -0.2) is 42.7 Å². The molecule has 3 rings (SSSR count). The number of hydrogen-bond acceptors (Lipinski definition) is 5. The largest absolute Gasteiger partial charge is 0.377 e. The van der Waals surface area contributed by atoms with Crippen LogP contribution in [0.2, 0.25) is 0 Å². The van der Waals surface area contributed by atoms with Gasteiger partial charge in [-0.15, -0.1) is 0 Å². The lowest BCUT2D eigenvalue weighted by atomic mass is 10.1. The molecule has 2 heterocycles. The minimum absolute atomic E-state index is 0.0401. The molecule has 1 aliphatic heterocycles. The molecule has 0 spiro atoms. The molecule has 0 radical (unpaired) electrons. The van der Waals surface area contributed by atoms with Gasteiger partial charge in [-0.2, -0.15) is 5.26 Å². The number of anilines is 1. The number of pyridine rings is 1. The van der Waals surface area contributed by atoms with Crippen LogP contribution < -0.4 is 10.2 Å². The highest BCUT2D eigenvalue weighted by Crippen LogP contribution is 2.23. The Hall–Kier alpha value is -2.13. The summed E-state index contributed by atoms with van der Waals surface area (Å²) in [5, 5.41) is 12.2. The normalized spacial score (nSPS) is 22.1. The maximum absolute atomic E-state index is 12.3. The first-order chi connectivity index (χ1) is 9.79. The van der Waals surface area contributed by atoms with Gasteiger partial charge in [0, 0.05) is 18.8 Å². The van der Waals surface area contributed by atoms with Crippen LogP contribution in [0.15, 0.2) is 18.3 Å². The highest BCUT2D eigenvalue weighted by molar-refractivity contribution is 5.86. The van der Waals surface area contributed by atoms with E-state index in [1.54, 1.807) is 18.3 Å². The van der Waals surface area contributed by atoms with Crippen molar-refractivity contribution in [2.45, 2.75) is 24.9 Å². The molecule has 104 valence electrons. The number of carbonyl (C=O) groups excluding carboxylic acids is 1. The zero-order valence-electron chi connectivity index (χ0n) is 11.1. The highest BCUT2D eigenvalue weighted by atomic mass is 16.5. The van der Waals surface area contributed by atoms with E-state index in [4.69, 9.17) is 4.74 Å². The third-order valence-corrected chi connectivity index (χ3v) is 3.53. The topological polar surface area (TPSA) is 78.2 Å². The second-order valence-corrected chi connectivity index (χ2v) is 5.05. The van der Waals surface area contributed by atoms with Crippen molar-refractivity contribution in [1.82, 2.24) is 10.3 Å². The number of rotatable bonds is 3. The Balaban J connectivity index is 1.84. The van der Waals surface area contributed by atoms with E-state index >= 15 is 0 Å². The van der Waals surface area contributed by atoms with E-state index in [9.17, 15) is 10.1 Å². The summed E-state index contributed by atoms with van der Waals surface area (Å²) in [6.45, 7) is 1.43. The molecular weight excluding hydrogens is 256 g/mol. The fraction of sp³-hybridized carbons (Fsp3) is 0.500. The number of nitrogens with zero attached hydrogens (tertiary/aromatic N) is 3. The third kappa shape index (κ3) is 2.58. The Bertz CT molecular complexity index is 550. The van der Waals surface area contributed by atoms with Gasteiger partial charge in [0.25, 0.3) is 0 Å². The average Bonchev–Trinajstić information content (AvgIpc) is 3.31. The Morgan fingerprint density at radius 2 is 2.40 bits per heavy atom. The molecule has 6 heteroatoms. The fourth-order valence-electron chi connectivity index (χ4n) is 2.31. The van der Waals surface area contributed by atoms with Crippen LogP contribution in [0.3, 0.4) is 0 Å². The summed E-state index contributed by atoms with van der Waals surface area (Å²) < 4.78 is 5.42. The number of amides is 1. The predicted molar refractivity (Wildman–Crippen MR) is 72.1 cm³/mol. The second-order valence-electron chi connectivity index (χ2n) is 5.05. The molecule has 1 atom stereocenters. The van der Waals surface area contributed by atoms with Crippen LogP contribution in [0.5, 0.6) is 0 Å². The number of nitrogens with one attached hydrogen (secondary N) is 1. The Morgan fingerprint density at radius 3 is 3.15 bits per heavy atom. The Morgan fingerprint density at radius 1 is 1.55 bits per heavy atom. The van der Waals surface area contributed by atoms with Crippen LogP contribution in [0.4, 0.5) is 5.82 Å². The van der Waals surface area contributed by atoms with Crippen LogP contribution in [0.25, 0.3) is 0 Å². The van der Waals surface area contributed by atoms with Crippen molar-refractivity contribution in [3.8, 4) is 6.07 Å². The van der Waals surface area contributed by atoms with Crippen molar-refractivity contribution in [3.05, 3.63) is 23.9 Å². The maximum Gasteiger partial charge on any atom is 0.245 e. The van der Waals surface area contributed by atoms with Gasteiger partial charge >= 0.3 is 0 Å². The minimum Gasteiger partial charge on any atom is -0.377 e. The van der Waals surface area contributed by atoms with Crippen molar-refractivity contribution < 1.29 is 9.53 Å². The number of nitriles is 1. The molecule has 0 bridgehead atoms. The summed E-state index contributed by atoms with van der Waals surface area (Å²) in [6, 6.07) is 5.47. The van der Waals surface area contributed by atoms with E-state index in [0.29, 0.717) is 37.2 Å². The number of hydrogen-bond donors (Lipinski definition) is 1. The minimum atomic E-state index is -0.411. The van der Waals surface area contributed by atoms with Crippen molar-refractivity contribution in [2.75, 3.05) is 24.7 Å². The molecule has 1 aliphatic carbocycles. The fourth-order valence-corrected chi connectivity index (χ4v) is 2.31. The quantitative estimate of drug-likeness (QED) is 0.863. The summed E-state index contributed by atoms with van der Waals surface area (Å²) in [5.74, 6) is 0.524. The summed E-state index contributed by atoms with van der Waals surface area (Å²) in [6.07, 6.45) is 3.74.